The maximum absolute atomic E-state index is 14.1. The number of halogens is 1. The van der Waals surface area contributed by atoms with Gasteiger partial charge in [-0.3, -0.25) is 19.4 Å². The third-order valence-corrected chi connectivity index (χ3v) is 11.0. The van der Waals surface area contributed by atoms with Crippen LogP contribution in [0.15, 0.2) is 53.7 Å². The number of nitrogens with zero attached hydrogens (tertiary/aromatic N) is 4. The average Bonchev–Trinajstić information content (AvgIpc) is 3.13. The normalized spacial score (nSPS) is 22.4. The fraction of sp³-hybridized carbons (Fsp3) is 0.581. The van der Waals surface area contributed by atoms with Crippen LogP contribution in [0.3, 0.4) is 0 Å². The third-order valence-electron chi connectivity index (χ3n) is 10.8. The molecule has 5 rings (SSSR count). The summed E-state index contributed by atoms with van der Waals surface area (Å²) in [5.74, 6) is 2.00. The van der Waals surface area contributed by atoms with Gasteiger partial charge >= 0.3 is 12.1 Å². The first-order valence-corrected chi connectivity index (χ1v) is 20.1. The number of aromatic nitrogens is 1. The maximum Gasteiger partial charge on any atom is 0.407 e. The molecule has 0 radical (unpaired) electrons. The number of ether oxygens (including phenoxy) is 4. The van der Waals surface area contributed by atoms with Gasteiger partial charge in [0, 0.05) is 43.7 Å². The average molecular weight is 794 g/mol. The number of allylic oxidation sites excluding steroid dienone is 3. The number of anilines is 2. The van der Waals surface area contributed by atoms with Crippen LogP contribution in [0.1, 0.15) is 84.4 Å². The molecule has 2 aromatic rings. The molecule has 0 bridgehead atoms. The van der Waals surface area contributed by atoms with Gasteiger partial charge in [0.15, 0.2) is 11.5 Å². The molecule has 0 saturated heterocycles. The van der Waals surface area contributed by atoms with Crippen LogP contribution >= 0.6 is 11.6 Å². The molecule has 3 aliphatic rings. The Kier molecular flexibility index (Phi) is 14.4. The third kappa shape index (κ3) is 11.0. The van der Waals surface area contributed by atoms with E-state index >= 15 is 0 Å². The number of carbonyl (C=O) groups excluding carboxylic acids is 3. The minimum absolute atomic E-state index is 0.0319. The van der Waals surface area contributed by atoms with Crippen molar-refractivity contribution in [2.24, 2.45) is 17.8 Å². The molecule has 306 valence electrons. The SMILES string of the molecule is COC(=O)CN(CCNC(=O)OC(C)(C)C)C1CCC(CN(C)c2ccc(N3C(=O)Cc4cc(OC)c(OC(C)C)cc4C3C3C=CC(Cl)=CC3C)nc2)CC1. The fourth-order valence-electron chi connectivity index (χ4n) is 8.10. The number of methoxy groups -OCH3 is 2. The summed E-state index contributed by atoms with van der Waals surface area (Å²) in [7, 11) is 5.09. The van der Waals surface area contributed by atoms with E-state index in [1.165, 1.54) is 7.11 Å². The zero-order valence-corrected chi connectivity index (χ0v) is 35.2. The number of hydrogen-bond donors (Lipinski definition) is 1. The fourth-order valence-corrected chi connectivity index (χ4v) is 8.37. The predicted molar refractivity (Wildman–Crippen MR) is 219 cm³/mol. The minimum Gasteiger partial charge on any atom is -0.493 e. The molecule has 2 aliphatic carbocycles. The van der Waals surface area contributed by atoms with Crippen molar-refractivity contribution < 1.29 is 33.3 Å². The van der Waals surface area contributed by atoms with E-state index in [9.17, 15) is 14.4 Å². The summed E-state index contributed by atoms with van der Waals surface area (Å²) < 4.78 is 22.2. The second-order valence-corrected chi connectivity index (χ2v) is 16.9. The van der Waals surface area contributed by atoms with Crippen molar-refractivity contribution in [1.82, 2.24) is 15.2 Å². The number of nitrogens with one attached hydrogen (secondary N) is 1. The highest BCUT2D eigenvalue weighted by Gasteiger charge is 2.41. The Labute approximate surface area is 337 Å². The zero-order chi connectivity index (χ0) is 40.7. The van der Waals surface area contributed by atoms with Crippen LogP contribution in [0, 0.1) is 17.8 Å². The first-order valence-electron chi connectivity index (χ1n) is 19.8. The molecule has 2 amide bonds. The summed E-state index contributed by atoms with van der Waals surface area (Å²) in [6.45, 7) is 13.5. The molecule has 3 unspecified atom stereocenters. The Morgan fingerprint density at radius 3 is 2.43 bits per heavy atom. The Morgan fingerprint density at radius 1 is 1.09 bits per heavy atom. The van der Waals surface area contributed by atoms with E-state index in [-0.39, 0.29) is 54.9 Å². The van der Waals surface area contributed by atoms with E-state index in [0.29, 0.717) is 41.4 Å². The van der Waals surface area contributed by atoms with E-state index in [1.54, 1.807) is 7.11 Å². The lowest BCUT2D eigenvalue weighted by atomic mass is 9.76. The van der Waals surface area contributed by atoms with Gasteiger partial charge in [0.05, 0.1) is 51.2 Å². The van der Waals surface area contributed by atoms with Gasteiger partial charge in [0.25, 0.3) is 0 Å². The largest absolute Gasteiger partial charge is 0.493 e. The van der Waals surface area contributed by atoms with Crippen LogP contribution in [0.5, 0.6) is 11.5 Å². The quantitative estimate of drug-likeness (QED) is 0.193. The lowest BCUT2D eigenvalue weighted by Crippen LogP contribution is -2.46. The summed E-state index contributed by atoms with van der Waals surface area (Å²) in [6.07, 6.45) is 11.5. The first kappa shape index (κ1) is 42.8. The first-order chi connectivity index (χ1) is 26.6. The molecule has 1 saturated carbocycles. The molecule has 12 nitrogen and oxygen atoms in total. The molecule has 1 aromatic heterocycles. The monoisotopic (exact) mass is 793 g/mol. The molecule has 56 heavy (non-hydrogen) atoms. The molecule has 1 aromatic carbocycles. The van der Waals surface area contributed by atoms with Gasteiger partial charge in [-0.15, -0.1) is 0 Å². The molecular formula is C43H60ClN5O7. The molecule has 3 atom stereocenters. The van der Waals surface area contributed by atoms with Gasteiger partial charge in [-0.2, -0.15) is 0 Å². The molecule has 0 spiro atoms. The van der Waals surface area contributed by atoms with Crippen LogP contribution in [0.25, 0.3) is 0 Å². The van der Waals surface area contributed by atoms with E-state index in [4.69, 9.17) is 35.5 Å². The van der Waals surface area contributed by atoms with Crippen molar-refractivity contribution in [2.45, 2.75) is 97.4 Å². The Bertz CT molecular complexity index is 1750. The number of rotatable bonds is 14. The number of pyridine rings is 1. The molecule has 2 heterocycles. The highest BCUT2D eigenvalue weighted by atomic mass is 35.5. The molecular weight excluding hydrogens is 734 g/mol. The predicted octanol–water partition coefficient (Wildman–Crippen LogP) is 7.45. The zero-order valence-electron chi connectivity index (χ0n) is 34.5. The van der Waals surface area contributed by atoms with Gasteiger partial charge in [-0.05, 0) is 114 Å². The lowest BCUT2D eigenvalue weighted by molar-refractivity contribution is -0.142. The lowest BCUT2D eigenvalue weighted by Gasteiger charge is -2.42. The number of hydrogen-bond acceptors (Lipinski definition) is 10. The molecule has 1 aliphatic heterocycles. The highest BCUT2D eigenvalue weighted by molar-refractivity contribution is 6.31. The van der Waals surface area contributed by atoms with E-state index in [2.05, 4.69) is 35.2 Å². The molecule has 1 fully saturated rings. The van der Waals surface area contributed by atoms with E-state index in [0.717, 1.165) is 49.0 Å². The second kappa shape index (κ2) is 18.8. The Balaban J connectivity index is 1.27. The number of fused-ring (bicyclic) bond motifs is 1. The summed E-state index contributed by atoms with van der Waals surface area (Å²) in [6, 6.07) is 7.84. The van der Waals surface area contributed by atoms with Crippen molar-refractivity contribution in [2.75, 3.05) is 57.2 Å². The summed E-state index contributed by atoms with van der Waals surface area (Å²) >= 11 is 6.43. The standard InChI is InChI=1S/C43H60ClN5O7/c1-27(2)55-37-23-35-30(21-36(37)53-8)22-39(50)49(41(35)34-16-12-31(44)20-28(34)3)38-17-15-33(24-46-38)47(7)25-29-10-13-32(14-11-29)48(26-40(51)54-9)19-18-45-42(52)56-43(4,5)6/h12,15-17,20-21,23-24,27-29,32,34,41H,10-11,13-14,18-19,22,25-26H2,1-9H3,(H,45,52). The summed E-state index contributed by atoms with van der Waals surface area (Å²) in [5, 5.41) is 3.50. The van der Waals surface area contributed by atoms with Crippen LogP contribution < -0.4 is 24.6 Å². The Hall–Kier alpha value is -4.29. The second-order valence-electron chi connectivity index (χ2n) is 16.5. The van der Waals surface area contributed by atoms with Gasteiger partial charge in [0.2, 0.25) is 5.91 Å². The summed E-state index contributed by atoms with van der Waals surface area (Å²) in [4.78, 5) is 49.7. The number of carbonyl (C=O) groups is 3. The van der Waals surface area contributed by atoms with E-state index < -0.39 is 11.7 Å². The van der Waals surface area contributed by atoms with Gasteiger partial charge in [-0.25, -0.2) is 9.78 Å². The molecule has 1 N–H and O–H groups in total. The Morgan fingerprint density at radius 2 is 1.82 bits per heavy atom. The van der Waals surface area contributed by atoms with Crippen molar-refractivity contribution in [1.29, 1.82) is 0 Å². The smallest absolute Gasteiger partial charge is 0.407 e. The van der Waals surface area contributed by atoms with Gasteiger partial charge in [-0.1, -0.05) is 30.7 Å². The van der Waals surface area contributed by atoms with Crippen molar-refractivity contribution in [3.05, 3.63) is 64.8 Å². The van der Waals surface area contributed by atoms with E-state index in [1.807, 2.05) is 82.1 Å². The number of alkyl carbamates (subject to hydrolysis) is 1. The number of amides is 2. The highest BCUT2D eigenvalue weighted by Crippen LogP contribution is 2.47. The summed E-state index contributed by atoms with van der Waals surface area (Å²) in [5.41, 5.74) is 2.32. The minimum atomic E-state index is -0.579. The number of esters is 1. The molecule has 13 heteroatoms. The van der Waals surface area contributed by atoms with Gasteiger partial charge in [0.1, 0.15) is 11.4 Å². The van der Waals surface area contributed by atoms with Crippen LogP contribution in [0.2, 0.25) is 0 Å². The topological polar surface area (TPSA) is 123 Å². The van der Waals surface area contributed by atoms with Crippen LogP contribution in [0.4, 0.5) is 16.3 Å². The van der Waals surface area contributed by atoms with Crippen LogP contribution in [-0.4, -0.2) is 93.0 Å². The van der Waals surface area contributed by atoms with Crippen LogP contribution in [-0.2, 0) is 25.5 Å². The van der Waals surface area contributed by atoms with Crippen molar-refractivity contribution in [3.63, 3.8) is 0 Å². The van der Waals surface area contributed by atoms with Crippen molar-refractivity contribution in [3.8, 4) is 11.5 Å². The van der Waals surface area contributed by atoms with Gasteiger partial charge < -0.3 is 29.2 Å². The maximum atomic E-state index is 14.1. The van der Waals surface area contributed by atoms with Crippen molar-refractivity contribution >= 4 is 41.1 Å². The number of benzene rings is 1.